The maximum atomic E-state index is 9.65. The van der Waals surface area contributed by atoms with Crippen LogP contribution in [0.2, 0.25) is 0 Å². The van der Waals surface area contributed by atoms with E-state index in [1.807, 2.05) is 133 Å². The third kappa shape index (κ3) is 8.20. The first-order valence-corrected chi connectivity index (χ1v) is 26.2. The lowest BCUT2D eigenvalue weighted by Crippen LogP contribution is -2.04. The molecule has 14 aromatic rings. The van der Waals surface area contributed by atoms with Gasteiger partial charge in [0.05, 0.1) is 68.3 Å². The van der Waals surface area contributed by atoms with Gasteiger partial charge in [0.2, 0.25) is 0 Å². The van der Waals surface area contributed by atoms with Crippen LogP contribution in [0.3, 0.4) is 0 Å². The molecule has 0 radical (unpaired) electrons. The summed E-state index contributed by atoms with van der Waals surface area (Å²) in [5.74, 6) is 1.62. The van der Waals surface area contributed by atoms with Crippen molar-refractivity contribution >= 4 is 43.6 Å². The second-order valence-corrected chi connectivity index (χ2v) is 19.7. The van der Waals surface area contributed by atoms with Gasteiger partial charge in [0.15, 0.2) is 17.5 Å². The molecule has 0 amide bonds. The number of para-hydroxylation sites is 2. The predicted octanol–water partition coefficient (Wildman–Crippen LogP) is 17.3. The van der Waals surface area contributed by atoms with E-state index in [9.17, 15) is 15.8 Å². The Morgan fingerprint density at radius 2 is 0.613 bits per heavy atom. The summed E-state index contributed by atoms with van der Waals surface area (Å²) < 4.78 is 4.69. The SMILES string of the molecule is N#Cc1ccc(-c2ccc3c(c2)c2ccccc2n3-c2ccccc2-c2ccc(-n3c4ccc(-c5ccc(C#N)cc5)cc4c4cc(-c5ccc(C#N)cc5)ccc43)c(-c3nc(-c4ccccc4)nc(-c4ccccc4)n3)c2)cc1. The highest BCUT2D eigenvalue weighted by atomic mass is 15.1. The number of aromatic nitrogens is 5. The van der Waals surface area contributed by atoms with Crippen LogP contribution in [-0.4, -0.2) is 24.1 Å². The average molecular weight is 1020 g/mol. The number of nitriles is 3. The van der Waals surface area contributed by atoms with Crippen LogP contribution in [-0.2, 0) is 0 Å². The van der Waals surface area contributed by atoms with E-state index in [4.69, 9.17) is 15.0 Å². The Morgan fingerprint density at radius 1 is 0.250 bits per heavy atom. The highest BCUT2D eigenvalue weighted by Crippen LogP contribution is 2.43. The summed E-state index contributed by atoms with van der Waals surface area (Å²) in [6.45, 7) is 0. The molecule has 0 saturated carbocycles. The van der Waals surface area contributed by atoms with Crippen LogP contribution < -0.4 is 0 Å². The third-order valence-corrected chi connectivity index (χ3v) is 15.1. The van der Waals surface area contributed by atoms with E-state index in [0.29, 0.717) is 34.2 Å². The number of benzene rings is 11. The van der Waals surface area contributed by atoms with Crippen LogP contribution in [0.1, 0.15) is 16.7 Å². The van der Waals surface area contributed by atoms with Crippen LogP contribution in [0.15, 0.2) is 255 Å². The molecule has 14 rings (SSSR count). The van der Waals surface area contributed by atoms with Gasteiger partial charge in [-0.25, -0.2) is 15.0 Å². The van der Waals surface area contributed by atoms with E-state index in [1.54, 1.807) is 0 Å². The molecule has 0 aliphatic heterocycles. The van der Waals surface area contributed by atoms with Crippen molar-refractivity contribution in [1.82, 2.24) is 24.1 Å². The van der Waals surface area contributed by atoms with E-state index >= 15 is 0 Å². The fraction of sp³-hybridized carbons (Fsp3) is 0. The second kappa shape index (κ2) is 19.6. The summed E-state index contributed by atoms with van der Waals surface area (Å²) in [6.07, 6.45) is 0. The summed E-state index contributed by atoms with van der Waals surface area (Å²) in [6, 6.07) is 93.6. The lowest BCUT2D eigenvalue weighted by Gasteiger charge is -2.18. The molecule has 0 spiro atoms. The minimum Gasteiger partial charge on any atom is -0.309 e. The summed E-state index contributed by atoms with van der Waals surface area (Å²) >= 11 is 0. The van der Waals surface area contributed by atoms with Crippen LogP contribution in [0, 0.1) is 34.0 Å². The highest BCUT2D eigenvalue weighted by Gasteiger charge is 2.23. The number of fused-ring (bicyclic) bond motifs is 6. The van der Waals surface area contributed by atoms with Crippen LogP contribution in [0.25, 0.3) is 134 Å². The molecule has 80 heavy (non-hydrogen) atoms. The standard InChI is InChI=1S/C72H42N8/c73-43-46-19-25-49(26-20-46)54-31-35-66-60(39-54)59-16-8-10-18-65(59)79(66)64-17-9-7-15-58(64)57-34-38-69(63(42-57)72-77-70(52-11-3-1-4-12-52)76-71(78-72)53-13-5-2-6-14-53)80-67-36-32-55(50-27-21-47(44-74)22-28-50)40-61(67)62-41-56(33-37-68(62)80)51-29-23-48(45-75)24-30-51/h1-42H. The van der Waals surface area contributed by atoms with Crippen molar-refractivity contribution in [3.63, 3.8) is 0 Å². The van der Waals surface area contributed by atoms with Crippen molar-refractivity contribution in [2.45, 2.75) is 0 Å². The monoisotopic (exact) mass is 1020 g/mol. The number of hydrogen-bond donors (Lipinski definition) is 0. The van der Waals surface area contributed by atoms with Crippen molar-refractivity contribution in [2.24, 2.45) is 0 Å². The zero-order valence-corrected chi connectivity index (χ0v) is 42.8. The third-order valence-electron chi connectivity index (χ3n) is 15.1. The fourth-order valence-electron chi connectivity index (χ4n) is 11.2. The molecule has 0 atom stereocenters. The van der Waals surface area contributed by atoms with Gasteiger partial charge in [0, 0.05) is 43.8 Å². The van der Waals surface area contributed by atoms with Gasteiger partial charge < -0.3 is 9.13 Å². The van der Waals surface area contributed by atoms with Gasteiger partial charge in [-0.3, -0.25) is 0 Å². The summed E-state index contributed by atoms with van der Waals surface area (Å²) in [7, 11) is 0. The van der Waals surface area contributed by atoms with E-state index in [-0.39, 0.29) is 0 Å². The Kier molecular flexibility index (Phi) is 11.5. The Balaban J connectivity index is 1.02. The van der Waals surface area contributed by atoms with Crippen molar-refractivity contribution in [3.05, 3.63) is 271 Å². The molecule has 0 fully saturated rings. The van der Waals surface area contributed by atoms with Crippen LogP contribution >= 0.6 is 0 Å². The number of rotatable bonds is 9. The Labute approximate surface area is 460 Å². The van der Waals surface area contributed by atoms with Gasteiger partial charge >= 0.3 is 0 Å². The predicted molar refractivity (Wildman–Crippen MR) is 321 cm³/mol. The molecule has 0 unspecified atom stereocenters. The van der Waals surface area contributed by atoms with Crippen molar-refractivity contribution in [2.75, 3.05) is 0 Å². The van der Waals surface area contributed by atoms with E-state index in [2.05, 4.69) is 149 Å². The number of hydrogen-bond acceptors (Lipinski definition) is 6. The Hall–Kier alpha value is -11.5. The van der Waals surface area contributed by atoms with Gasteiger partial charge in [0.25, 0.3) is 0 Å². The topological polar surface area (TPSA) is 120 Å². The molecule has 11 aromatic carbocycles. The quantitative estimate of drug-likeness (QED) is 0.142. The van der Waals surface area contributed by atoms with Gasteiger partial charge in [-0.15, -0.1) is 0 Å². The smallest absolute Gasteiger partial charge is 0.166 e. The van der Waals surface area contributed by atoms with Crippen LogP contribution in [0.5, 0.6) is 0 Å². The summed E-state index contributed by atoms with van der Waals surface area (Å²) in [4.78, 5) is 15.9. The first kappa shape index (κ1) is 47.0. The molecule has 0 N–H and O–H groups in total. The molecule has 8 heteroatoms. The number of nitrogens with zero attached hydrogens (tertiary/aromatic N) is 8. The molecular formula is C72H42N8. The highest BCUT2D eigenvalue weighted by molar-refractivity contribution is 6.13. The second-order valence-electron chi connectivity index (χ2n) is 19.7. The summed E-state index contributed by atoms with van der Waals surface area (Å²) in [5, 5.41) is 33.2. The molecule has 0 saturated heterocycles. The van der Waals surface area contributed by atoms with E-state index in [1.165, 1.54) is 0 Å². The lowest BCUT2D eigenvalue weighted by atomic mass is 9.98. The average Bonchev–Trinajstić information content (AvgIpc) is 4.16. The maximum Gasteiger partial charge on any atom is 0.166 e. The minimum absolute atomic E-state index is 0.512. The molecular weight excluding hydrogens is 977 g/mol. The zero-order valence-electron chi connectivity index (χ0n) is 42.8. The van der Waals surface area contributed by atoms with Gasteiger partial charge in [-0.1, -0.05) is 158 Å². The largest absolute Gasteiger partial charge is 0.309 e. The summed E-state index contributed by atoms with van der Waals surface area (Å²) in [5.41, 5.74) is 18.5. The molecule has 3 aromatic heterocycles. The first-order valence-electron chi connectivity index (χ1n) is 26.2. The van der Waals surface area contributed by atoms with Crippen molar-refractivity contribution < 1.29 is 0 Å². The molecule has 8 nitrogen and oxygen atoms in total. The maximum absolute atomic E-state index is 9.65. The van der Waals surface area contributed by atoms with Crippen molar-refractivity contribution in [3.8, 4) is 108 Å². The normalized spacial score (nSPS) is 11.2. The van der Waals surface area contributed by atoms with Crippen LogP contribution in [0.4, 0.5) is 0 Å². The van der Waals surface area contributed by atoms with Gasteiger partial charge in [-0.05, 0) is 136 Å². The Morgan fingerprint density at radius 3 is 1.09 bits per heavy atom. The minimum atomic E-state index is 0.512. The van der Waals surface area contributed by atoms with Crippen molar-refractivity contribution in [1.29, 1.82) is 15.8 Å². The molecule has 0 bridgehead atoms. The lowest BCUT2D eigenvalue weighted by molar-refractivity contribution is 1.06. The van der Waals surface area contributed by atoms with E-state index < -0.39 is 0 Å². The van der Waals surface area contributed by atoms with Gasteiger partial charge in [0.1, 0.15) is 0 Å². The van der Waals surface area contributed by atoms with Gasteiger partial charge in [-0.2, -0.15) is 15.8 Å². The molecule has 370 valence electrons. The molecule has 0 aliphatic carbocycles. The fourth-order valence-corrected chi connectivity index (χ4v) is 11.2. The Bertz CT molecular complexity index is 4710. The molecule has 3 heterocycles. The van der Waals surface area contributed by atoms with E-state index in [0.717, 1.165) is 116 Å². The molecule has 0 aliphatic rings. The first-order chi connectivity index (χ1) is 39.5. The zero-order chi connectivity index (χ0) is 53.7.